The van der Waals surface area contributed by atoms with Gasteiger partial charge in [-0.25, -0.2) is 0 Å². The third-order valence-corrected chi connectivity index (χ3v) is 6.08. The summed E-state index contributed by atoms with van der Waals surface area (Å²) in [5.74, 6) is -0.374. The van der Waals surface area contributed by atoms with Gasteiger partial charge in [-0.2, -0.15) is 10.5 Å². The molecule has 1 fully saturated rings. The Morgan fingerprint density at radius 3 is 2.38 bits per heavy atom. The molecule has 0 unspecified atom stereocenters. The number of hydrogen-bond donors (Lipinski definition) is 2. The van der Waals surface area contributed by atoms with E-state index in [0.717, 1.165) is 16.0 Å². The van der Waals surface area contributed by atoms with Gasteiger partial charge in [-0.1, -0.05) is 6.92 Å². The van der Waals surface area contributed by atoms with Crippen LogP contribution in [0.1, 0.15) is 29.9 Å². The summed E-state index contributed by atoms with van der Waals surface area (Å²) in [6.45, 7) is 3.76. The Hall–Kier alpha value is -3.16. The number of carbonyl (C=O) groups is 1. The predicted molar refractivity (Wildman–Crippen MR) is 99.3 cm³/mol. The first-order valence-corrected chi connectivity index (χ1v) is 8.87. The molecule has 1 aromatic carbocycles. The molecule has 3 rings (SSSR count). The summed E-state index contributed by atoms with van der Waals surface area (Å²) in [5, 5.41) is 31.4. The van der Waals surface area contributed by atoms with Crippen molar-refractivity contribution in [2.45, 2.75) is 19.4 Å². The van der Waals surface area contributed by atoms with Gasteiger partial charge in [0.1, 0.15) is 0 Å². The van der Waals surface area contributed by atoms with Gasteiger partial charge in [-0.05, 0) is 47.7 Å². The fraction of sp³-hybridized carbons (Fsp3) is 0.263. The van der Waals surface area contributed by atoms with Crippen molar-refractivity contribution in [1.29, 1.82) is 15.9 Å². The largest absolute Gasteiger partial charge is 0.345 e. The third-order valence-electron chi connectivity index (χ3n) is 4.92. The lowest BCUT2D eigenvalue weighted by Crippen LogP contribution is -2.62. The van der Waals surface area contributed by atoms with Gasteiger partial charge in [0.2, 0.25) is 5.91 Å². The van der Waals surface area contributed by atoms with Crippen LogP contribution in [-0.2, 0) is 10.3 Å². The summed E-state index contributed by atoms with van der Waals surface area (Å²) < 4.78 is 0. The molecule has 26 heavy (non-hydrogen) atoms. The van der Waals surface area contributed by atoms with Crippen molar-refractivity contribution in [3.63, 3.8) is 0 Å². The van der Waals surface area contributed by atoms with Crippen LogP contribution in [-0.4, -0.2) is 23.8 Å². The Morgan fingerprint density at radius 1 is 1.19 bits per heavy atom. The number of nitrogens with one attached hydrogen (secondary N) is 2. The van der Waals surface area contributed by atoms with Gasteiger partial charge in [0.15, 0.2) is 5.96 Å². The molecule has 1 amide bonds. The zero-order chi connectivity index (χ0) is 19.1. The lowest BCUT2D eigenvalue weighted by atomic mass is 9.82. The molecule has 130 valence electrons. The van der Waals surface area contributed by atoms with Gasteiger partial charge in [-0.3, -0.25) is 15.1 Å². The summed E-state index contributed by atoms with van der Waals surface area (Å²) in [7, 11) is 1.59. The molecule has 0 bridgehead atoms. The Morgan fingerprint density at radius 2 is 1.81 bits per heavy atom. The minimum Gasteiger partial charge on any atom is -0.345 e. The Bertz CT molecular complexity index is 964. The number of benzene rings is 1. The fourth-order valence-corrected chi connectivity index (χ4v) is 4.17. The Labute approximate surface area is 155 Å². The van der Waals surface area contributed by atoms with Gasteiger partial charge in [0.05, 0.1) is 34.7 Å². The van der Waals surface area contributed by atoms with E-state index < -0.39 is 5.54 Å². The second-order valence-corrected chi connectivity index (χ2v) is 7.43. The van der Waals surface area contributed by atoms with Crippen LogP contribution in [0.5, 0.6) is 0 Å². The number of carbonyl (C=O) groups excluding carboxylic acids is 1. The third kappa shape index (κ3) is 2.73. The van der Waals surface area contributed by atoms with E-state index in [2.05, 4.69) is 17.5 Å². The lowest BCUT2D eigenvalue weighted by molar-refractivity contribution is -0.134. The van der Waals surface area contributed by atoms with E-state index in [0.29, 0.717) is 11.1 Å². The first-order valence-electron chi connectivity index (χ1n) is 7.99. The van der Waals surface area contributed by atoms with Crippen molar-refractivity contribution in [3.8, 4) is 23.3 Å². The van der Waals surface area contributed by atoms with E-state index in [4.69, 9.17) is 15.9 Å². The highest BCUT2D eigenvalue weighted by Gasteiger charge is 2.45. The summed E-state index contributed by atoms with van der Waals surface area (Å²) in [6.07, 6.45) is 0. The molecule has 1 aromatic heterocycles. The normalized spacial score (nSPS) is 22.5. The summed E-state index contributed by atoms with van der Waals surface area (Å²) in [5.41, 5.74) is 1.84. The Balaban J connectivity index is 2.03. The number of nitrogens with zero attached hydrogens (tertiary/aromatic N) is 3. The molecule has 0 radical (unpaired) electrons. The molecule has 1 aliphatic rings. The quantitative estimate of drug-likeness (QED) is 0.856. The lowest BCUT2D eigenvalue weighted by Gasteiger charge is -2.43. The number of rotatable bonds is 2. The van der Waals surface area contributed by atoms with E-state index in [9.17, 15) is 4.79 Å². The maximum absolute atomic E-state index is 12.4. The maximum Gasteiger partial charge on any atom is 0.234 e. The number of thiophene rings is 1. The summed E-state index contributed by atoms with van der Waals surface area (Å²) >= 11 is 1.49. The van der Waals surface area contributed by atoms with Crippen LogP contribution in [0.2, 0.25) is 0 Å². The summed E-state index contributed by atoms with van der Waals surface area (Å²) in [4.78, 5) is 14.7. The highest BCUT2D eigenvalue weighted by molar-refractivity contribution is 7.10. The van der Waals surface area contributed by atoms with Crippen molar-refractivity contribution < 1.29 is 4.79 Å². The molecular formula is C19H17N5OS. The average molecular weight is 363 g/mol. The predicted octanol–water partition coefficient (Wildman–Crippen LogP) is 3.01. The average Bonchev–Trinajstić information content (AvgIpc) is 3.15. The molecule has 1 saturated heterocycles. The highest BCUT2D eigenvalue weighted by Crippen LogP contribution is 2.39. The number of guanidine groups is 1. The zero-order valence-corrected chi connectivity index (χ0v) is 15.4. The Kier molecular flexibility index (Phi) is 4.27. The van der Waals surface area contributed by atoms with Crippen molar-refractivity contribution in [1.82, 2.24) is 10.2 Å². The van der Waals surface area contributed by atoms with Crippen molar-refractivity contribution in [2.24, 2.45) is 5.92 Å². The van der Waals surface area contributed by atoms with E-state index in [-0.39, 0.29) is 17.8 Å². The molecule has 0 aliphatic carbocycles. The molecule has 0 saturated carbocycles. The van der Waals surface area contributed by atoms with Gasteiger partial charge < -0.3 is 5.32 Å². The van der Waals surface area contributed by atoms with Crippen LogP contribution in [0.4, 0.5) is 0 Å². The molecule has 2 N–H and O–H groups in total. The van der Waals surface area contributed by atoms with E-state index in [1.807, 2.05) is 25.3 Å². The number of hydrogen-bond acceptors (Lipinski definition) is 5. The molecule has 6 nitrogen and oxygen atoms in total. The maximum atomic E-state index is 12.4. The van der Waals surface area contributed by atoms with Gasteiger partial charge in [0, 0.05) is 11.9 Å². The first-order chi connectivity index (χ1) is 12.3. The minimum atomic E-state index is -0.686. The standard InChI is InChI=1S/C19H17N5OS/c1-11-17(25)24(3)18(22)23-19(11,2)16-7-15(10-26-16)14-5-12(8-20)4-13(6-14)9-21/h4-7,10-11H,1-3H3,(H2,22,23)/t11-,19+/m1/s1. The van der Waals surface area contributed by atoms with Crippen molar-refractivity contribution in [2.75, 3.05) is 7.05 Å². The topological polar surface area (TPSA) is 104 Å². The van der Waals surface area contributed by atoms with Crippen molar-refractivity contribution in [3.05, 3.63) is 45.6 Å². The van der Waals surface area contributed by atoms with E-state index >= 15 is 0 Å². The van der Waals surface area contributed by atoms with Crippen molar-refractivity contribution >= 4 is 23.2 Å². The van der Waals surface area contributed by atoms with Crippen LogP contribution >= 0.6 is 11.3 Å². The molecule has 0 spiro atoms. The van der Waals surface area contributed by atoms with Crippen LogP contribution in [0, 0.1) is 34.0 Å². The molecule has 2 aromatic rings. The highest BCUT2D eigenvalue weighted by atomic mass is 32.1. The smallest absolute Gasteiger partial charge is 0.234 e. The molecule has 2 atom stereocenters. The summed E-state index contributed by atoms with van der Waals surface area (Å²) in [6, 6.07) is 11.1. The second-order valence-electron chi connectivity index (χ2n) is 6.52. The van der Waals surface area contributed by atoms with Crippen LogP contribution in [0.15, 0.2) is 29.6 Å². The monoisotopic (exact) mass is 363 g/mol. The van der Waals surface area contributed by atoms with Crippen LogP contribution in [0.3, 0.4) is 0 Å². The second kappa shape index (κ2) is 6.29. The minimum absolute atomic E-state index is 0.0730. The van der Waals surface area contributed by atoms with Gasteiger partial charge in [0.25, 0.3) is 0 Å². The molecule has 1 aliphatic heterocycles. The van der Waals surface area contributed by atoms with Gasteiger partial charge >= 0.3 is 0 Å². The van der Waals surface area contributed by atoms with E-state index in [1.54, 1.807) is 25.2 Å². The van der Waals surface area contributed by atoms with Crippen LogP contribution < -0.4 is 5.32 Å². The number of nitriles is 2. The molecule has 7 heteroatoms. The van der Waals surface area contributed by atoms with E-state index in [1.165, 1.54) is 16.2 Å². The molecular weight excluding hydrogens is 346 g/mol. The SMILES string of the molecule is C[C@@H]1C(=O)N(C)C(=N)N[C@]1(C)c1cc(-c2cc(C#N)cc(C#N)c2)cs1. The first kappa shape index (κ1) is 17.7. The van der Waals surface area contributed by atoms with Gasteiger partial charge in [-0.15, -0.1) is 11.3 Å². The fourth-order valence-electron chi connectivity index (χ4n) is 3.04. The number of amides is 1. The van der Waals surface area contributed by atoms with Crippen LogP contribution in [0.25, 0.3) is 11.1 Å². The molecule has 2 heterocycles. The zero-order valence-electron chi connectivity index (χ0n) is 14.6.